The number of hydrogen-bond donors (Lipinski definition) is 2. The van der Waals surface area contributed by atoms with Crippen molar-refractivity contribution in [2.75, 3.05) is 0 Å². The highest BCUT2D eigenvalue weighted by Crippen LogP contribution is 2.69. The quantitative estimate of drug-likeness (QED) is 0.603. The summed E-state index contributed by atoms with van der Waals surface area (Å²) in [5.41, 5.74) is -0.426. The molecule has 0 aromatic rings. The molecule has 5 heteroatoms. The van der Waals surface area contributed by atoms with Crippen LogP contribution in [0.4, 0.5) is 0 Å². The maximum atomic E-state index is 13.1. The lowest BCUT2D eigenvalue weighted by Crippen LogP contribution is -2.64. The molecule has 0 aromatic heterocycles. The van der Waals surface area contributed by atoms with Crippen molar-refractivity contribution in [3.05, 3.63) is 34.9 Å². The van der Waals surface area contributed by atoms with Crippen molar-refractivity contribution in [3.63, 3.8) is 0 Å². The van der Waals surface area contributed by atoms with Crippen molar-refractivity contribution in [2.24, 2.45) is 28.6 Å². The number of cyclic esters (lactones) is 1. The number of carbonyl (C=O) groups is 2. The van der Waals surface area contributed by atoms with E-state index in [1.165, 1.54) is 5.57 Å². The van der Waals surface area contributed by atoms with E-state index in [1.807, 2.05) is 13.0 Å². The molecule has 0 amide bonds. The molecule has 0 spiro atoms. The highest BCUT2D eigenvalue weighted by atomic mass is 16.6. The van der Waals surface area contributed by atoms with Crippen molar-refractivity contribution in [3.8, 4) is 0 Å². The third-order valence-electron chi connectivity index (χ3n) is 10.9. The second-order valence-corrected chi connectivity index (χ2v) is 12.1. The summed E-state index contributed by atoms with van der Waals surface area (Å²) in [6.45, 7) is 9.71. The van der Waals surface area contributed by atoms with Gasteiger partial charge in [0.1, 0.15) is 11.7 Å². The van der Waals surface area contributed by atoms with Crippen LogP contribution in [0.2, 0.25) is 0 Å². The lowest BCUT2D eigenvalue weighted by Gasteiger charge is -2.61. The fourth-order valence-electron chi connectivity index (χ4n) is 8.57. The van der Waals surface area contributed by atoms with E-state index in [0.29, 0.717) is 24.8 Å². The Bertz CT molecular complexity index is 1000. The molecule has 1 aliphatic heterocycles. The lowest BCUT2D eigenvalue weighted by atomic mass is 9.44. The third-order valence-corrected chi connectivity index (χ3v) is 10.9. The van der Waals surface area contributed by atoms with Gasteiger partial charge in [-0.1, -0.05) is 30.2 Å². The van der Waals surface area contributed by atoms with Gasteiger partial charge in [-0.2, -0.15) is 0 Å². The summed E-state index contributed by atoms with van der Waals surface area (Å²) in [4.78, 5) is 25.5. The Morgan fingerprint density at radius 1 is 1.09 bits per heavy atom. The average molecular weight is 455 g/mol. The number of hydrogen-bond acceptors (Lipinski definition) is 5. The SMILES string of the molecule is CC1=C(C)C(=O)OC(C(C)(O)C2CCC3(O)C4CCC5=CC=CC(=O)C5(C)C4CCC23C)C1. The average Bonchev–Trinajstić information content (AvgIpc) is 3.04. The van der Waals surface area contributed by atoms with E-state index in [4.69, 9.17) is 4.74 Å². The van der Waals surface area contributed by atoms with Crippen molar-refractivity contribution in [1.29, 1.82) is 0 Å². The van der Waals surface area contributed by atoms with E-state index >= 15 is 0 Å². The van der Waals surface area contributed by atoms with Crippen LogP contribution in [0.15, 0.2) is 34.9 Å². The van der Waals surface area contributed by atoms with Crippen molar-refractivity contribution in [2.45, 2.75) is 96.9 Å². The maximum Gasteiger partial charge on any atom is 0.334 e. The Labute approximate surface area is 197 Å². The largest absolute Gasteiger partial charge is 0.456 e. The number of allylic oxidation sites excluding steroid dienone is 4. The normalized spacial score (nSPS) is 46.7. The number of esters is 1. The first-order chi connectivity index (χ1) is 15.4. The molecule has 180 valence electrons. The van der Waals surface area contributed by atoms with Gasteiger partial charge < -0.3 is 14.9 Å². The van der Waals surface area contributed by atoms with E-state index in [0.717, 1.165) is 31.3 Å². The molecule has 4 aliphatic carbocycles. The molecular weight excluding hydrogens is 416 g/mol. The smallest absolute Gasteiger partial charge is 0.334 e. The summed E-state index contributed by atoms with van der Waals surface area (Å²) >= 11 is 0. The van der Waals surface area contributed by atoms with Gasteiger partial charge in [0, 0.05) is 17.4 Å². The second-order valence-electron chi connectivity index (χ2n) is 12.1. The number of aliphatic hydroxyl groups is 2. The Kier molecular flexibility index (Phi) is 4.99. The molecule has 3 saturated carbocycles. The Balaban J connectivity index is 1.48. The molecule has 5 nitrogen and oxygen atoms in total. The number of carbonyl (C=O) groups excluding carboxylic acids is 2. The molecule has 8 unspecified atom stereocenters. The highest BCUT2D eigenvalue weighted by molar-refractivity contribution is 5.99. The van der Waals surface area contributed by atoms with Gasteiger partial charge in [-0.25, -0.2) is 4.79 Å². The number of rotatable bonds is 2. The molecule has 1 heterocycles. The number of ketones is 1. The van der Waals surface area contributed by atoms with Gasteiger partial charge in [-0.3, -0.25) is 4.79 Å². The zero-order valence-electron chi connectivity index (χ0n) is 20.6. The first kappa shape index (κ1) is 23.0. The monoisotopic (exact) mass is 454 g/mol. The molecule has 0 saturated heterocycles. The first-order valence-corrected chi connectivity index (χ1v) is 12.6. The standard InChI is InChI=1S/C28H38O5/c1-16-15-23(33-24(30)17(16)2)27(5,31)21-12-14-28(32)20-10-9-18-7-6-8-22(29)26(18,4)19(20)11-13-25(21,28)3/h6-8,19-21,23,31-32H,9-15H2,1-5H3. The lowest BCUT2D eigenvalue weighted by molar-refractivity contribution is -0.217. The fourth-order valence-corrected chi connectivity index (χ4v) is 8.57. The van der Waals surface area contributed by atoms with Gasteiger partial charge in [-0.15, -0.1) is 0 Å². The second kappa shape index (κ2) is 7.14. The van der Waals surface area contributed by atoms with Crippen LogP contribution in [0.1, 0.15) is 79.6 Å². The van der Waals surface area contributed by atoms with Crippen LogP contribution >= 0.6 is 0 Å². The Morgan fingerprint density at radius 2 is 1.82 bits per heavy atom. The summed E-state index contributed by atoms with van der Waals surface area (Å²) in [5, 5.41) is 24.2. The van der Waals surface area contributed by atoms with E-state index < -0.39 is 28.1 Å². The summed E-state index contributed by atoms with van der Waals surface area (Å²) in [6, 6.07) is 0. The molecule has 0 bridgehead atoms. The molecule has 2 N–H and O–H groups in total. The van der Waals surface area contributed by atoms with Gasteiger partial charge in [-0.05, 0) is 90.0 Å². The maximum absolute atomic E-state index is 13.1. The first-order valence-electron chi connectivity index (χ1n) is 12.6. The van der Waals surface area contributed by atoms with Crippen LogP contribution in [-0.4, -0.2) is 39.3 Å². The minimum Gasteiger partial charge on any atom is -0.456 e. The van der Waals surface area contributed by atoms with Crippen molar-refractivity contribution < 1.29 is 24.5 Å². The van der Waals surface area contributed by atoms with Crippen LogP contribution in [0.25, 0.3) is 0 Å². The summed E-state index contributed by atoms with van der Waals surface area (Å²) < 4.78 is 5.72. The van der Waals surface area contributed by atoms with Gasteiger partial charge in [0.2, 0.25) is 0 Å². The van der Waals surface area contributed by atoms with Crippen molar-refractivity contribution in [1.82, 2.24) is 0 Å². The van der Waals surface area contributed by atoms with Gasteiger partial charge in [0.15, 0.2) is 5.78 Å². The van der Waals surface area contributed by atoms with Gasteiger partial charge in [0.05, 0.1) is 11.0 Å². The van der Waals surface area contributed by atoms with Crippen LogP contribution < -0.4 is 0 Å². The van der Waals surface area contributed by atoms with E-state index in [2.05, 4.69) is 19.9 Å². The van der Waals surface area contributed by atoms with Crippen LogP contribution in [0.5, 0.6) is 0 Å². The molecule has 33 heavy (non-hydrogen) atoms. The zero-order chi connectivity index (χ0) is 24.0. The number of ether oxygens (including phenoxy) is 1. The number of fused-ring (bicyclic) bond motifs is 5. The summed E-state index contributed by atoms with van der Waals surface area (Å²) in [7, 11) is 0. The molecule has 0 radical (unpaired) electrons. The molecular formula is C28H38O5. The van der Waals surface area contributed by atoms with Gasteiger partial charge >= 0.3 is 5.97 Å². The Hall–Kier alpha value is -1.72. The Morgan fingerprint density at radius 3 is 2.52 bits per heavy atom. The molecule has 3 fully saturated rings. The van der Waals surface area contributed by atoms with Crippen molar-refractivity contribution >= 4 is 11.8 Å². The van der Waals surface area contributed by atoms with Gasteiger partial charge in [0.25, 0.3) is 0 Å². The predicted molar refractivity (Wildman–Crippen MR) is 125 cm³/mol. The third kappa shape index (κ3) is 2.84. The van der Waals surface area contributed by atoms with Crippen LogP contribution in [-0.2, 0) is 14.3 Å². The summed E-state index contributed by atoms with van der Waals surface area (Å²) in [5.74, 6) is -0.249. The highest BCUT2D eigenvalue weighted by Gasteiger charge is 2.70. The van der Waals surface area contributed by atoms with Crippen LogP contribution in [0, 0.1) is 28.6 Å². The van der Waals surface area contributed by atoms with Crippen LogP contribution in [0.3, 0.4) is 0 Å². The molecule has 5 aliphatic rings. The minimum absolute atomic E-state index is 0.0208. The van der Waals surface area contributed by atoms with E-state index in [9.17, 15) is 19.8 Å². The molecule has 5 rings (SSSR count). The van der Waals surface area contributed by atoms with E-state index in [1.54, 1.807) is 19.9 Å². The topological polar surface area (TPSA) is 83.8 Å². The minimum atomic E-state index is -1.24. The predicted octanol–water partition coefficient (Wildman–Crippen LogP) is 4.43. The molecule has 8 atom stereocenters. The van der Waals surface area contributed by atoms with E-state index in [-0.39, 0.29) is 29.5 Å². The summed E-state index contributed by atoms with van der Waals surface area (Å²) in [6.07, 6.45) is 10.2. The fraction of sp³-hybridized carbons (Fsp3) is 0.714. The molecule has 0 aromatic carbocycles. The zero-order valence-corrected chi connectivity index (χ0v) is 20.6.